The standard InChI is InChI=1S/C15H22N2OS/c1-17-8-7-13(11-17)10-16-15(18)9-12-3-5-14(19-2)6-4-12/h3-6,13H,7-11H2,1-2H3,(H,16,18)/t13-/m0/s1. The lowest BCUT2D eigenvalue weighted by atomic mass is 10.1. The number of nitrogens with one attached hydrogen (secondary N) is 1. The lowest BCUT2D eigenvalue weighted by Gasteiger charge is -2.11. The van der Waals surface area contributed by atoms with Crippen LogP contribution in [0.4, 0.5) is 0 Å². The first kappa shape index (κ1) is 14.4. The van der Waals surface area contributed by atoms with Gasteiger partial charge in [0.1, 0.15) is 0 Å². The van der Waals surface area contributed by atoms with Crippen LogP contribution in [-0.4, -0.2) is 43.7 Å². The highest BCUT2D eigenvalue weighted by atomic mass is 32.2. The van der Waals surface area contributed by atoms with Crippen molar-refractivity contribution in [3.8, 4) is 0 Å². The van der Waals surface area contributed by atoms with Crippen molar-refractivity contribution in [3.63, 3.8) is 0 Å². The van der Waals surface area contributed by atoms with E-state index in [1.165, 1.54) is 11.3 Å². The molecule has 1 aliphatic rings. The van der Waals surface area contributed by atoms with E-state index in [0.29, 0.717) is 12.3 Å². The number of carbonyl (C=O) groups is 1. The molecule has 104 valence electrons. The second kappa shape index (κ2) is 6.96. The molecule has 1 aromatic carbocycles. The zero-order valence-corrected chi connectivity index (χ0v) is 12.5. The fourth-order valence-corrected chi connectivity index (χ4v) is 2.85. The third-order valence-electron chi connectivity index (χ3n) is 3.60. The Morgan fingerprint density at radius 1 is 1.42 bits per heavy atom. The molecule has 0 aromatic heterocycles. The van der Waals surface area contributed by atoms with Crippen LogP contribution >= 0.6 is 11.8 Å². The van der Waals surface area contributed by atoms with Crippen LogP contribution in [0, 0.1) is 5.92 Å². The molecule has 1 aliphatic heterocycles. The summed E-state index contributed by atoms with van der Waals surface area (Å²) in [6, 6.07) is 8.21. The van der Waals surface area contributed by atoms with E-state index in [-0.39, 0.29) is 5.91 Å². The van der Waals surface area contributed by atoms with Gasteiger partial charge in [-0.25, -0.2) is 0 Å². The highest BCUT2D eigenvalue weighted by Crippen LogP contribution is 2.15. The lowest BCUT2D eigenvalue weighted by Crippen LogP contribution is -2.31. The Labute approximate surface area is 119 Å². The summed E-state index contributed by atoms with van der Waals surface area (Å²) in [5.74, 6) is 0.749. The number of carbonyl (C=O) groups excluding carboxylic acids is 1. The van der Waals surface area contributed by atoms with Crippen LogP contribution in [0.15, 0.2) is 29.2 Å². The average Bonchev–Trinajstić information content (AvgIpc) is 2.83. The van der Waals surface area contributed by atoms with Crippen LogP contribution in [0.2, 0.25) is 0 Å². The Balaban J connectivity index is 1.74. The normalized spacial score (nSPS) is 19.6. The van der Waals surface area contributed by atoms with Crippen molar-refractivity contribution >= 4 is 17.7 Å². The first-order valence-corrected chi connectivity index (χ1v) is 7.98. The van der Waals surface area contributed by atoms with Crippen molar-refractivity contribution in [1.82, 2.24) is 10.2 Å². The van der Waals surface area contributed by atoms with Gasteiger partial charge in [0.2, 0.25) is 5.91 Å². The van der Waals surface area contributed by atoms with Crippen molar-refractivity contribution in [1.29, 1.82) is 0 Å². The summed E-state index contributed by atoms with van der Waals surface area (Å²) in [4.78, 5) is 15.4. The number of nitrogens with zero attached hydrogens (tertiary/aromatic N) is 1. The van der Waals surface area contributed by atoms with Gasteiger partial charge in [-0.3, -0.25) is 4.79 Å². The maximum atomic E-state index is 11.9. The predicted molar refractivity (Wildman–Crippen MR) is 80.5 cm³/mol. The summed E-state index contributed by atoms with van der Waals surface area (Å²) in [5, 5.41) is 3.05. The minimum Gasteiger partial charge on any atom is -0.355 e. The molecule has 1 atom stereocenters. The van der Waals surface area contributed by atoms with Gasteiger partial charge in [0, 0.05) is 18.0 Å². The quantitative estimate of drug-likeness (QED) is 0.836. The second-order valence-corrected chi connectivity index (χ2v) is 6.13. The van der Waals surface area contributed by atoms with Crippen LogP contribution in [0.25, 0.3) is 0 Å². The van der Waals surface area contributed by atoms with Crippen LogP contribution in [0.1, 0.15) is 12.0 Å². The number of hydrogen-bond donors (Lipinski definition) is 1. The molecule has 0 radical (unpaired) electrons. The monoisotopic (exact) mass is 278 g/mol. The first-order chi connectivity index (χ1) is 9.17. The number of rotatable bonds is 5. The third-order valence-corrected chi connectivity index (χ3v) is 4.34. The van der Waals surface area contributed by atoms with E-state index in [4.69, 9.17) is 0 Å². The van der Waals surface area contributed by atoms with Crippen molar-refractivity contribution < 1.29 is 4.79 Å². The second-order valence-electron chi connectivity index (χ2n) is 5.25. The third kappa shape index (κ3) is 4.55. The molecule has 0 saturated carbocycles. The number of amides is 1. The summed E-state index contributed by atoms with van der Waals surface area (Å²) < 4.78 is 0. The van der Waals surface area contributed by atoms with Crippen LogP contribution in [-0.2, 0) is 11.2 Å². The van der Waals surface area contributed by atoms with Gasteiger partial charge >= 0.3 is 0 Å². The van der Waals surface area contributed by atoms with Crippen LogP contribution in [0.3, 0.4) is 0 Å². The van der Waals surface area contributed by atoms with E-state index < -0.39 is 0 Å². The van der Waals surface area contributed by atoms with Crippen molar-refractivity contribution in [2.24, 2.45) is 5.92 Å². The molecule has 1 amide bonds. The molecule has 4 heteroatoms. The van der Waals surface area contributed by atoms with Crippen LogP contribution < -0.4 is 5.32 Å². The smallest absolute Gasteiger partial charge is 0.224 e. The minimum atomic E-state index is 0.131. The summed E-state index contributed by atoms with van der Waals surface area (Å²) in [5.41, 5.74) is 1.08. The summed E-state index contributed by atoms with van der Waals surface area (Å²) in [7, 11) is 2.13. The van der Waals surface area contributed by atoms with Gasteiger partial charge in [-0.15, -0.1) is 11.8 Å². The fraction of sp³-hybridized carbons (Fsp3) is 0.533. The molecule has 1 aromatic rings. The lowest BCUT2D eigenvalue weighted by molar-refractivity contribution is -0.120. The average molecular weight is 278 g/mol. The van der Waals surface area contributed by atoms with E-state index in [9.17, 15) is 4.79 Å². The number of likely N-dealkylation sites (tertiary alicyclic amines) is 1. The van der Waals surface area contributed by atoms with Gasteiger partial charge in [-0.2, -0.15) is 0 Å². The van der Waals surface area contributed by atoms with Crippen LogP contribution in [0.5, 0.6) is 0 Å². The summed E-state index contributed by atoms with van der Waals surface area (Å²) in [6.07, 6.45) is 3.73. The number of thioether (sulfide) groups is 1. The molecular weight excluding hydrogens is 256 g/mol. The summed E-state index contributed by atoms with van der Waals surface area (Å²) >= 11 is 1.72. The van der Waals surface area contributed by atoms with Crippen molar-refractivity contribution in [2.75, 3.05) is 32.9 Å². The molecule has 0 spiro atoms. The predicted octanol–water partition coefficient (Wildman–Crippen LogP) is 2.02. The molecule has 1 fully saturated rings. The van der Waals surface area contributed by atoms with Gasteiger partial charge in [0.15, 0.2) is 0 Å². The highest BCUT2D eigenvalue weighted by Gasteiger charge is 2.19. The maximum Gasteiger partial charge on any atom is 0.224 e. The Kier molecular flexibility index (Phi) is 5.28. The van der Waals surface area contributed by atoms with Crippen molar-refractivity contribution in [2.45, 2.75) is 17.7 Å². The molecule has 0 bridgehead atoms. The Hall–Kier alpha value is -1.00. The molecule has 1 heterocycles. The van der Waals surface area contributed by atoms with E-state index in [2.05, 4.69) is 35.7 Å². The molecular formula is C15H22N2OS. The Morgan fingerprint density at radius 2 is 2.16 bits per heavy atom. The molecule has 0 unspecified atom stereocenters. The molecule has 1 saturated heterocycles. The van der Waals surface area contributed by atoms with E-state index >= 15 is 0 Å². The molecule has 3 nitrogen and oxygen atoms in total. The molecule has 1 N–H and O–H groups in total. The number of benzene rings is 1. The number of hydrogen-bond acceptors (Lipinski definition) is 3. The first-order valence-electron chi connectivity index (χ1n) is 6.75. The zero-order valence-electron chi connectivity index (χ0n) is 11.7. The topological polar surface area (TPSA) is 32.3 Å². The molecule has 19 heavy (non-hydrogen) atoms. The molecule has 2 rings (SSSR count). The largest absolute Gasteiger partial charge is 0.355 e. The summed E-state index contributed by atoms with van der Waals surface area (Å²) in [6.45, 7) is 3.06. The minimum absolute atomic E-state index is 0.131. The Bertz CT molecular complexity index is 419. The zero-order chi connectivity index (χ0) is 13.7. The maximum absolute atomic E-state index is 11.9. The Morgan fingerprint density at radius 3 is 2.74 bits per heavy atom. The van der Waals surface area contributed by atoms with Gasteiger partial charge in [-0.1, -0.05) is 12.1 Å². The van der Waals surface area contributed by atoms with E-state index in [1.807, 2.05) is 12.1 Å². The van der Waals surface area contributed by atoms with Gasteiger partial charge in [0.25, 0.3) is 0 Å². The van der Waals surface area contributed by atoms with E-state index in [1.54, 1.807) is 11.8 Å². The van der Waals surface area contributed by atoms with Gasteiger partial charge in [-0.05, 0) is 49.9 Å². The van der Waals surface area contributed by atoms with Crippen molar-refractivity contribution in [3.05, 3.63) is 29.8 Å². The van der Waals surface area contributed by atoms with E-state index in [0.717, 1.165) is 25.2 Å². The van der Waals surface area contributed by atoms with Gasteiger partial charge < -0.3 is 10.2 Å². The molecule has 0 aliphatic carbocycles. The SMILES string of the molecule is CSc1ccc(CC(=O)NC[C@@H]2CCN(C)C2)cc1. The highest BCUT2D eigenvalue weighted by molar-refractivity contribution is 7.98. The fourth-order valence-electron chi connectivity index (χ4n) is 2.44. The van der Waals surface area contributed by atoms with Gasteiger partial charge in [0.05, 0.1) is 6.42 Å².